The minimum Gasteiger partial charge on any atom is -0.458 e. The number of rotatable bonds is 4. The summed E-state index contributed by atoms with van der Waals surface area (Å²) in [6.07, 6.45) is -2.33. The van der Waals surface area contributed by atoms with Crippen molar-refractivity contribution in [2.24, 2.45) is 0 Å². The van der Waals surface area contributed by atoms with Crippen LogP contribution in [0.1, 0.15) is 5.56 Å². The van der Waals surface area contributed by atoms with Gasteiger partial charge in [0.15, 0.2) is 6.26 Å². The van der Waals surface area contributed by atoms with Crippen molar-refractivity contribution in [2.45, 2.75) is 6.92 Å². The van der Waals surface area contributed by atoms with Crippen LogP contribution >= 0.6 is 6.26 Å². The molecule has 0 aliphatic carbocycles. The lowest BCUT2D eigenvalue weighted by molar-refractivity contribution is 0.627. The first-order valence-electron chi connectivity index (χ1n) is 7.16. The summed E-state index contributed by atoms with van der Waals surface area (Å²) in [5.41, 5.74) is 1.21. The second-order valence-electron chi connectivity index (χ2n) is 5.13. The number of aryl methyl sites for hydroxylation is 1. The van der Waals surface area contributed by atoms with Gasteiger partial charge in [0.25, 0.3) is 0 Å². The molecule has 0 radical (unpaired) electrons. The van der Waals surface area contributed by atoms with E-state index in [1.807, 2.05) is 60.7 Å². The summed E-state index contributed by atoms with van der Waals surface area (Å²) in [5, 5.41) is 2.13. The highest BCUT2D eigenvalue weighted by molar-refractivity contribution is 8.19. The van der Waals surface area contributed by atoms with E-state index >= 15 is 0 Å². The lowest BCUT2D eigenvalue weighted by atomic mass is 10.2. The molecule has 0 fully saturated rings. The molecule has 3 rings (SSSR count). The summed E-state index contributed by atoms with van der Waals surface area (Å²) in [6, 6.07) is 28.3. The zero-order chi connectivity index (χ0) is 15.4. The van der Waals surface area contributed by atoms with E-state index in [2.05, 4.69) is 31.2 Å². The van der Waals surface area contributed by atoms with E-state index in [1.54, 1.807) is 0 Å². The fraction of sp³-hybridized carbons (Fsp3) is 0.0526. The summed E-state index contributed by atoms with van der Waals surface area (Å²) < 4.78 is 6.36. The molecular formula is C19H17OPS. The van der Waals surface area contributed by atoms with Crippen molar-refractivity contribution in [1.82, 2.24) is 0 Å². The quantitative estimate of drug-likeness (QED) is 0.657. The van der Waals surface area contributed by atoms with Crippen molar-refractivity contribution in [3.63, 3.8) is 0 Å². The Morgan fingerprint density at radius 3 is 1.59 bits per heavy atom. The van der Waals surface area contributed by atoms with Gasteiger partial charge in [-0.25, -0.2) is 0 Å². The molecule has 3 heteroatoms. The second-order valence-corrected chi connectivity index (χ2v) is 8.99. The van der Waals surface area contributed by atoms with Crippen molar-refractivity contribution < 1.29 is 4.52 Å². The van der Waals surface area contributed by atoms with Gasteiger partial charge < -0.3 is 4.52 Å². The SMILES string of the molecule is Cc1ccc(OP(=S)(c2ccccc2)c2ccccc2)cc1. The van der Waals surface area contributed by atoms with Gasteiger partial charge in [0.1, 0.15) is 5.75 Å². The first-order chi connectivity index (χ1) is 10.7. The average Bonchev–Trinajstić information content (AvgIpc) is 2.58. The molecule has 0 saturated carbocycles. The molecular weight excluding hydrogens is 307 g/mol. The van der Waals surface area contributed by atoms with Gasteiger partial charge in [-0.3, -0.25) is 0 Å². The molecule has 22 heavy (non-hydrogen) atoms. The van der Waals surface area contributed by atoms with Gasteiger partial charge in [-0.15, -0.1) is 0 Å². The van der Waals surface area contributed by atoms with Crippen LogP contribution in [-0.4, -0.2) is 0 Å². The van der Waals surface area contributed by atoms with Gasteiger partial charge in [0, 0.05) is 10.6 Å². The van der Waals surface area contributed by atoms with E-state index in [0.29, 0.717) is 0 Å². The highest BCUT2D eigenvalue weighted by Crippen LogP contribution is 2.45. The van der Waals surface area contributed by atoms with Crippen molar-refractivity contribution in [1.29, 1.82) is 0 Å². The van der Waals surface area contributed by atoms with Gasteiger partial charge in [0.2, 0.25) is 0 Å². The van der Waals surface area contributed by atoms with Crippen molar-refractivity contribution in [3.05, 3.63) is 90.5 Å². The predicted octanol–water partition coefficient (Wildman–Crippen LogP) is 4.42. The van der Waals surface area contributed by atoms with E-state index in [1.165, 1.54) is 5.56 Å². The number of hydrogen-bond acceptors (Lipinski definition) is 2. The van der Waals surface area contributed by atoms with Gasteiger partial charge in [-0.05, 0) is 30.9 Å². The topological polar surface area (TPSA) is 9.23 Å². The summed E-state index contributed by atoms with van der Waals surface area (Å²) in [6.45, 7) is 2.06. The van der Waals surface area contributed by atoms with E-state index in [0.717, 1.165) is 16.4 Å². The minimum atomic E-state index is -2.33. The van der Waals surface area contributed by atoms with Crippen LogP contribution in [0.3, 0.4) is 0 Å². The Morgan fingerprint density at radius 2 is 1.14 bits per heavy atom. The molecule has 0 unspecified atom stereocenters. The zero-order valence-corrected chi connectivity index (χ0v) is 14.1. The summed E-state index contributed by atoms with van der Waals surface area (Å²) in [4.78, 5) is 0. The lowest BCUT2D eigenvalue weighted by Gasteiger charge is -2.24. The summed E-state index contributed by atoms with van der Waals surface area (Å²) in [7, 11) is 0. The Bertz CT molecular complexity index is 739. The molecule has 0 atom stereocenters. The highest BCUT2D eigenvalue weighted by atomic mass is 32.4. The maximum absolute atomic E-state index is 6.36. The molecule has 0 spiro atoms. The minimum absolute atomic E-state index is 0.821. The molecule has 3 aromatic carbocycles. The van der Waals surface area contributed by atoms with Gasteiger partial charge in [-0.1, -0.05) is 78.4 Å². The summed E-state index contributed by atoms with van der Waals surface area (Å²) in [5.74, 6) is 0.821. The zero-order valence-electron chi connectivity index (χ0n) is 12.3. The molecule has 0 amide bonds. The third-order valence-corrected chi connectivity index (χ3v) is 7.36. The van der Waals surface area contributed by atoms with Crippen molar-refractivity contribution in [3.8, 4) is 5.75 Å². The monoisotopic (exact) mass is 324 g/mol. The molecule has 0 bridgehead atoms. The molecule has 0 aromatic heterocycles. The highest BCUT2D eigenvalue weighted by Gasteiger charge is 2.24. The Labute approximate surface area is 136 Å². The van der Waals surface area contributed by atoms with E-state index in [9.17, 15) is 0 Å². The Morgan fingerprint density at radius 1 is 0.682 bits per heavy atom. The predicted molar refractivity (Wildman–Crippen MR) is 98.2 cm³/mol. The van der Waals surface area contributed by atoms with Crippen LogP contribution in [0.15, 0.2) is 84.9 Å². The van der Waals surface area contributed by atoms with Crippen LogP contribution in [0.4, 0.5) is 0 Å². The first kappa shape index (κ1) is 15.0. The third-order valence-electron chi connectivity index (χ3n) is 3.45. The smallest absolute Gasteiger partial charge is 0.171 e. The fourth-order valence-electron chi connectivity index (χ4n) is 2.25. The van der Waals surface area contributed by atoms with E-state index in [-0.39, 0.29) is 0 Å². The molecule has 0 aliphatic rings. The lowest BCUT2D eigenvalue weighted by Crippen LogP contribution is -2.19. The van der Waals surface area contributed by atoms with Gasteiger partial charge in [-0.2, -0.15) is 0 Å². The van der Waals surface area contributed by atoms with Crippen molar-refractivity contribution >= 4 is 28.7 Å². The maximum atomic E-state index is 6.36. The molecule has 110 valence electrons. The molecule has 0 aliphatic heterocycles. The fourth-order valence-corrected chi connectivity index (χ4v) is 5.30. The maximum Gasteiger partial charge on any atom is 0.171 e. The van der Waals surface area contributed by atoms with Crippen LogP contribution < -0.4 is 15.1 Å². The third kappa shape index (κ3) is 3.14. The molecule has 0 N–H and O–H groups in total. The molecule has 0 saturated heterocycles. The van der Waals surface area contributed by atoms with Gasteiger partial charge in [0.05, 0.1) is 0 Å². The molecule has 1 nitrogen and oxygen atoms in total. The Balaban J connectivity index is 2.08. The van der Waals surface area contributed by atoms with Gasteiger partial charge >= 0.3 is 0 Å². The first-order valence-corrected chi connectivity index (χ1v) is 9.88. The number of hydrogen-bond donors (Lipinski definition) is 0. The van der Waals surface area contributed by atoms with Crippen LogP contribution in [0, 0.1) is 6.92 Å². The normalized spacial score (nSPS) is 11.1. The molecule has 3 aromatic rings. The van der Waals surface area contributed by atoms with Crippen LogP contribution in [0.25, 0.3) is 0 Å². The van der Waals surface area contributed by atoms with E-state index in [4.69, 9.17) is 16.3 Å². The van der Waals surface area contributed by atoms with Crippen molar-refractivity contribution in [2.75, 3.05) is 0 Å². The standard InChI is InChI=1S/C19H17OPS/c1-16-12-14-17(15-13-16)20-21(22,18-8-4-2-5-9-18)19-10-6-3-7-11-19/h2-15H,1H3. The Hall–Kier alpha value is -1.89. The van der Waals surface area contributed by atoms with Crippen LogP contribution in [0.5, 0.6) is 5.75 Å². The summed E-state index contributed by atoms with van der Waals surface area (Å²) >= 11 is 6.04. The van der Waals surface area contributed by atoms with Crippen LogP contribution in [-0.2, 0) is 11.8 Å². The van der Waals surface area contributed by atoms with Crippen LogP contribution in [0.2, 0.25) is 0 Å². The average molecular weight is 324 g/mol. The second kappa shape index (κ2) is 6.48. The number of benzene rings is 3. The van der Waals surface area contributed by atoms with E-state index < -0.39 is 6.26 Å². The molecule has 0 heterocycles. The largest absolute Gasteiger partial charge is 0.458 e. The Kier molecular flexibility index (Phi) is 4.42.